The molecule has 0 bridgehead atoms. The fourth-order valence-corrected chi connectivity index (χ4v) is 2.51. The van der Waals surface area contributed by atoms with Crippen molar-refractivity contribution < 1.29 is 39.4 Å². The van der Waals surface area contributed by atoms with Crippen molar-refractivity contribution in [3.05, 3.63) is 3.82 Å². The van der Waals surface area contributed by atoms with E-state index in [0.29, 0.717) is 12.3 Å². The van der Waals surface area contributed by atoms with Gasteiger partial charge in [0.15, 0.2) is 0 Å². The average Bonchev–Trinajstić information content (AvgIpc) is 2.56. The van der Waals surface area contributed by atoms with Crippen molar-refractivity contribution in [3.63, 3.8) is 0 Å². The Kier molecular flexibility index (Phi) is 8.74. The van der Waals surface area contributed by atoms with Crippen molar-refractivity contribution in [3.8, 4) is 0 Å². The van der Waals surface area contributed by atoms with Crippen molar-refractivity contribution in [2.24, 2.45) is 4.99 Å². The molecule has 0 aliphatic carbocycles. The number of H-pyrrole nitrogens is 1. The number of nitrogens with one attached hydrogen (secondary N) is 1. The van der Waals surface area contributed by atoms with Gasteiger partial charge in [0.05, 0.1) is 6.54 Å². The molecule has 18 heavy (non-hydrogen) atoms. The number of rotatable bonds is 4. The van der Waals surface area contributed by atoms with E-state index < -0.39 is 11.7 Å². The second-order valence-corrected chi connectivity index (χ2v) is 6.65. The van der Waals surface area contributed by atoms with Crippen LogP contribution in [0.4, 0.5) is 0 Å². The molecule has 0 saturated carbocycles. The van der Waals surface area contributed by atoms with E-state index in [1.807, 2.05) is 20.8 Å². The summed E-state index contributed by atoms with van der Waals surface area (Å²) in [6.07, 6.45) is -0.526. The molecule has 96 valence electrons. The zero-order valence-electron chi connectivity index (χ0n) is 10.8. The molecule has 1 rings (SSSR count). The van der Waals surface area contributed by atoms with Gasteiger partial charge in [-0.25, -0.2) is 4.49 Å². The second-order valence-electron chi connectivity index (χ2n) is 4.11. The minimum absolute atomic E-state index is 0. The van der Waals surface area contributed by atoms with Gasteiger partial charge < -0.3 is 9.84 Å². The number of thioether (sulfide) groups is 1. The van der Waals surface area contributed by atoms with E-state index >= 15 is 0 Å². The van der Waals surface area contributed by atoms with E-state index in [4.69, 9.17) is 17.0 Å². The third kappa shape index (κ3) is 7.75. The molecule has 0 atom stereocenters. The molecule has 0 unspecified atom stereocenters. The Morgan fingerprint density at radius 1 is 1.61 bits per heavy atom. The first-order chi connectivity index (χ1) is 7.88. The summed E-state index contributed by atoms with van der Waals surface area (Å²) in [6, 6.07) is 0. The van der Waals surface area contributed by atoms with Crippen molar-refractivity contribution in [2.75, 3.05) is 12.3 Å². The second kappa shape index (κ2) is 8.55. The van der Waals surface area contributed by atoms with Crippen LogP contribution < -0.4 is 34.7 Å². The number of ether oxygens (including phenoxy) is 1. The van der Waals surface area contributed by atoms with Gasteiger partial charge in [-0.1, -0.05) is 33.0 Å². The van der Waals surface area contributed by atoms with Crippen LogP contribution in [0.5, 0.6) is 0 Å². The van der Waals surface area contributed by atoms with E-state index in [0.717, 1.165) is 8.85 Å². The van der Waals surface area contributed by atoms with Gasteiger partial charge in [0.2, 0.25) is 0 Å². The van der Waals surface area contributed by atoms with Gasteiger partial charge in [-0.2, -0.15) is 5.10 Å². The van der Waals surface area contributed by atoms with E-state index in [-0.39, 0.29) is 29.6 Å². The standard InChI is InChI=1S/C9H15N3O2S3.Na/c1-9(2,3)14-8(13)10-4-5-16-6-7(15)17-12-11-6;/h12H,4-5H2,1-3H3,(H,10,13);/q;+1/p-1. The van der Waals surface area contributed by atoms with E-state index in [2.05, 4.69) is 14.6 Å². The molecule has 0 spiro atoms. The zero-order chi connectivity index (χ0) is 12.9. The van der Waals surface area contributed by atoms with Crippen molar-refractivity contribution in [1.82, 2.24) is 9.59 Å². The van der Waals surface area contributed by atoms with Gasteiger partial charge in [-0.15, -0.1) is 11.8 Å². The molecule has 0 saturated heterocycles. The van der Waals surface area contributed by atoms with Crippen LogP contribution in [0.1, 0.15) is 20.8 Å². The number of aliphatic imine (C=N–C) groups is 1. The average molecular weight is 315 g/mol. The Morgan fingerprint density at radius 2 is 2.28 bits per heavy atom. The van der Waals surface area contributed by atoms with Crippen LogP contribution in [0.15, 0.2) is 10.0 Å². The summed E-state index contributed by atoms with van der Waals surface area (Å²) in [5, 5.41) is 16.0. The zero-order valence-corrected chi connectivity index (χ0v) is 15.3. The van der Waals surface area contributed by atoms with Gasteiger partial charge in [-0.3, -0.25) is 4.99 Å². The number of aromatic nitrogens is 2. The van der Waals surface area contributed by atoms with Crippen LogP contribution in [0, 0.1) is 3.82 Å². The fraction of sp³-hybridized carbons (Fsp3) is 0.667. The van der Waals surface area contributed by atoms with E-state index in [9.17, 15) is 5.11 Å². The Hall–Kier alpha value is 0.400. The summed E-state index contributed by atoms with van der Waals surface area (Å²) in [7, 11) is 0. The number of aromatic amines is 1. The predicted octanol–water partition coefficient (Wildman–Crippen LogP) is -1.17. The van der Waals surface area contributed by atoms with Crippen molar-refractivity contribution in [2.45, 2.75) is 31.4 Å². The molecule has 0 radical (unpaired) electrons. The van der Waals surface area contributed by atoms with Crippen LogP contribution in [0.25, 0.3) is 0 Å². The summed E-state index contributed by atoms with van der Waals surface area (Å²) >= 11 is 7.83. The molecular weight excluding hydrogens is 301 g/mol. The monoisotopic (exact) mass is 315 g/mol. The van der Waals surface area contributed by atoms with E-state index in [1.165, 1.54) is 23.3 Å². The Bertz CT molecular complexity index is 439. The normalized spacial score (nSPS) is 12.1. The van der Waals surface area contributed by atoms with Crippen molar-refractivity contribution in [1.29, 1.82) is 0 Å². The molecule has 1 heterocycles. The van der Waals surface area contributed by atoms with Crippen molar-refractivity contribution >= 4 is 41.6 Å². The first kappa shape index (κ1) is 18.4. The third-order valence-electron chi connectivity index (χ3n) is 1.42. The summed E-state index contributed by atoms with van der Waals surface area (Å²) < 4.78 is 8.50. The molecule has 1 N–H and O–H groups in total. The third-order valence-corrected chi connectivity index (χ3v) is 3.64. The number of nitrogens with zero attached hydrogens (tertiary/aromatic N) is 2. The van der Waals surface area contributed by atoms with Gasteiger partial charge >= 0.3 is 29.6 Å². The number of hydrogen-bond donors (Lipinski definition) is 1. The van der Waals surface area contributed by atoms with Crippen LogP contribution in [-0.4, -0.2) is 33.6 Å². The number of hydrogen-bond acceptors (Lipinski definition) is 7. The quantitative estimate of drug-likeness (QED) is 0.189. The first-order valence-corrected chi connectivity index (χ1v) is 7.16. The molecule has 0 amide bonds. The smallest absolute Gasteiger partial charge is 0.595 e. The van der Waals surface area contributed by atoms with Gasteiger partial charge in [0.25, 0.3) is 0 Å². The Balaban J connectivity index is 0.00000289. The molecule has 0 fully saturated rings. The van der Waals surface area contributed by atoms with E-state index in [1.54, 1.807) is 0 Å². The molecule has 5 nitrogen and oxygen atoms in total. The molecule has 0 aliphatic rings. The Morgan fingerprint density at radius 3 is 2.78 bits per heavy atom. The molecule has 1 aromatic heterocycles. The fourth-order valence-electron chi connectivity index (χ4n) is 0.860. The minimum Gasteiger partial charge on any atom is -0.595 e. The minimum atomic E-state index is -0.526. The first-order valence-electron chi connectivity index (χ1n) is 4.95. The largest absolute Gasteiger partial charge is 1.00 e. The molecule has 0 aromatic carbocycles. The summed E-state index contributed by atoms with van der Waals surface area (Å²) in [4.78, 5) is 3.79. The molecular formula is C9H14N3NaO2S3. The maximum absolute atomic E-state index is 11.2. The van der Waals surface area contributed by atoms with Crippen LogP contribution in [0.3, 0.4) is 0 Å². The maximum atomic E-state index is 11.2. The molecule has 1 aromatic rings. The summed E-state index contributed by atoms with van der Waals surface area (Å²) in [6.45, 7) is 5.82. The van der Waals surface area contributed by atoms with Gasteiger partial charge in [0, 0.05) is 11.4 Å². The van der Waals surface area contributed by atoms with Crippen LogP contribution >= 0.6 is 35.5 Å². The van der Waals surface area contributed by atoms with Gasteiger partial charge in [-0.05, 0) is 11.5 Å². The summed E-state index contributed by atoms with van der Waals surface area (Å²) in [5.41, 5.74) is -0.495. The topological polar surface area (TPSA) is 73.3 Å². The van der Waals surface area contributed by atoms with Gasteiger partial charge in [0.1, 0.15) is 14.9 Å². The maximum Gasteiger partial charge on any atom is 1.00 e. The van der Waals surface area contributed by atoms with Crippen LogP contribution in [0.2, 0.25) is 0 Å². The predicted molar refractivity (Wildman–Crippen MR) is 71.2 cm³/mol. The Labute approximate surface area is 142 Å². The SMILES string of the molecule is CC(C)(C)OC([O-])=NCCSc1n[nH]sc1=S.[Na+]. The molecule has 9 heteroatoms. The van der Waals surface area contributed by atoms with Crippen LogP contribution in [-0.2, 0) is 4.74 Å². The summed E-state index contributed by atoms with van der Waals surface area (Å²) in [5.74, 6) is 0.653. The molecule has 0 aliphatic heterocycles.